The molecule has 0 saturated carbocycles. The highest BCUT2D eigenvalue weighted by Crippen LogP contribution is 2.35. The van der Waals surface area contributed by atoms with E-state index >= 15 is 0 Å². The number of hydrogen-bond donors (Lipinski definition) is 1. The lowest BCUT2D eigenvalue weighted by Crippen LogP contribution is -2.18. The van der Waals surface area contributed by atoms with Crippen LogP contribution < -0.4 is 10.7 Å². The first-order valence-corrected chi connectivity index (χ1v) is 7.04. The summed E-state index contributed by atoms with van der Waals surface area (Å²) in [6.07, 6.45) is 0.673. The van der Waals surface area contributed by atoms with Crippen molar-refractivity contribution in [3.05, 3.63) is 70.3 Å². The van der Waals surface area contributed by atoms with Crippen LogP contribution in [0.4, 0.5) is 11.4 Å². The first kappa shape index (κ1) is 14.2. The molecule has 2 N–H and O–H groups in total. The normalized spacial score (nSPS) is 17.4. The number of anilines is 1. The van der Waals surface area contributed by atoms with Gasteiger partial charge in [0.1, 0.15) is 0 Å². The molecule has 1 aliphatic rings. The SMILES string of the molecule is NCC1=NN(c2ccccc2)C(c2cccc([N+](=O)[O-])c2)C1. The quantitative estimate of drug-likeness (QED) is 0.694. The largest absolute Gasteiger partial charge is 0.325 e. The lowest BCUT2D eigenvalue weighted by Gasteiger charge is -2.23. The van der Waals surface area contributed by atoms with Crippen LogP contribution in [0, 0.1) is 10.1 Å². The number of para-hydroxylation sites is 1. The van der Waals surface area contributed by atoms with E-state index in [1.165, 1.54) is 6.07 Å². The lowest BCUT2D eigenvalue weighted by molar-refractivity contribution is -0.384. The Labute approximate surface area is 128 Å². The standard InChI is InChI=1S/C16H16N4O2/c17-11-13-10-16(12-5-4-8-15(9-12)20(21)22)19(18-13)14-6-2-1-3-7-14/h1-9,16H,10-11,17H2. The fraction of sp³-hybridized carbons (Fsp3) is 0.188. The summed E-state index contributed by atoms with van der Waals surface area (Å²) in [5, 5.41) is 17.4. The number of benzene rings is 2. The van der Waals surface area contributed by atoms with Crippen molar-refractivity contribution in [2.24, 2.45) is 10.8 Å². The summed E-state index contributed by atoms with van der Waals surface area (Å²) in [4.78, 5) is 10.6. The zero-order chi connectivity index (χ0) is 15.5. The third kappa shape index (κ3) is 2.68. The monoisotopic (exact) mass is 296 g/mol. The van der Waals surface area contributed by atoms with Crippen LogP contribution in [-0.4, -0.2) is 17.2 Å². The van der Waals surface area contributed by atoms with Crippen molar-refractivity contribution in [2.45, 2.75) is 12.5 Å². The maximum atomic E-state index is 11.0. The third-order valence-electron chi connectivity index (χ3n) is 3.70. The van der Waals surface area contributed by atoms with Crippen molar-refractivity contribution in [3.63, 3.8) is 0 Å². The van der Waals surface area contributed by atoms with Crippen molar-refractivity contribution >= 4 is 17.1 Å². The van der Waals surface area contributed by atoms with E-state index in [1.807, 2.05) is 41.4 Å². The molecule has 1 atom stereocenters. The summed E-state index contributed by atoms with van der Waals surface area (Å²) in [6.45, 7) is 0.384. The molecule has 0 aromatic heterocycles. The van der Waals surface area contributed by atoms with Gasteiger partial charge in [0.15, 0.2) is 0 Å². The van der Waals surface area contributed by atoms with Gasteiger partial charge in [-0.25, -0.2) is 0 Å². The second-order valence-corrected chi connectivity index (χ2v) is 5.12. The molecule has 0 aliphatic carbocycles. The maximum absolute atomic E-state index is 11.0. The van der Waals surface area contributed by atoms with Gasteiger partial charge in [0, 0.05) is 25.1 Å². The third-order valence-corrected chi connectivity index (χ3v) is 3.70. The van der Waals surface area contributed by atoms with Crippen molar-refractivity contribution in [1.29, 1.82) is 0 Å². The summed E-state index contributed by atoms with van der Waals surface area (Å²) in [6, 6.07) is 16.4. The van der Waals surface area contributed by atoms with E-state index in [4.69, 9.17) is 5.73 Å². The van der Waals surface area contributed by atoms with Crippen LogP contribution in [0.2, 0.25) is 0 Å². The number of nitrogens with zero attached hydrogens (tertiary/aromatic N) is 3. The van der Waals surface area contributed by atoms with Gasteiger partial charge in [0.05, 0.1) is 22.4 Å². The minimum Gasteiger partial charge on any atom is -0.325 e. The number of rotatable bonds is 4. The molecule has 112 valence electrons. The molecule has 0 spiro atoms. The second-order valence-electron chi connectivity index (χ2n) is 5.12. The zero-order valence-electron chi connectivity index (χ0n) is 11.9. The van der Waals surface area contributed by atoms with Gasteiger partial charge >= 0.3 is 0 Å². The van der Waals surface area contributed by atoms with E-state index in [1.54, 1.807) is 12.1 Å². The second kappa shape index (κ2) is 5.95. The zero-order valence-corrected chi connectivity index (χ0v) is 11.9. The predicted octanol–water partition coefficient (Wildman–Crippen LogP) is 2.86. The van der Waals surface area contributed by atoms with E-state index in [-0.39, 0.29) is 16.7 Å². The average molecular weight is 296 g/mol. The van der Waals surface area contributed by atoms with Crippen LogP contribution in [0.5, 0.6) is 0 Å². The molecule has 0 bridgehead atoms. The van der Waals surface area contributed by atoms with E-state index < -0.39 is 0 Å². The van der Waals surface area contributed by atoms with E-state index in [9.17, 15) is 10.1 Å². The van der Waals surface area contributed by atoms with E-state index in [2.05, 4.69) is 5.10 Å². The minimum atomic E-state index is -0.379. The number of hydrogen-bond acceptors (Lipinski definition) is 5. The highest BCUT2D eigenvalue weighted by molar-refractivity contribution is 5.90. The van der Waals surface area contributed by atoms with Gasteiger partial charge in [0.25, 0.3) is 5.69 Å². The topological polar surface area (TPSA) is 84.8 Å². The Kier molecular flexibility index (Phi) is 3.84. The van der Waals surface area contributed by atoms with Crippen LogP contribution in [0.1, 0.15) is 18.0 Å². The molecule has 0 saturated heterocycles. The summed E-state index contributed by atoms with van der Waals surface area (Å²) < 4.78 is 0. The molecule has 3 rings (SSSR count). The molecule has 2 aromatic rings. The molecule has 1 unspecified atom stereocenters. The molecule has 2 aromatic carbocycles. The van der Waals surface area contributed by atoms with Gasteiger partial charge in [-0.15, -0.1) is 0 Å². The van der Waals surface area contributed by atoms with Crippen LogP contribution in [0.15, 0.2) is 59.7 Å². The van der Waals surface area contributed by atoms with Gasteiger partial charge < -0.3 is 5.73 Å². The Balaban J connectivity index is 1.98. The van der Waals surface area contributed by atoms with Gasteiger partial charge in [-0.3, -0.25) is 15.1 Å². The Hall–Kier alpha value is -2.73. The molecule has 6 nitrogen and oxygen atoms in total. The maximum Gasteiger partial charge on any atom is 0.269 e. The summed E-state index contributed by atoms with van der Waals surface area (Å²) in [7, 11) is 0. The molecule has 6 heteroatoms. The molecule has 0 radical (unpaired) electrons. The summed E-state index contributed by atoms with van der Waals surface area (Å²) in [5.74, 6) is 0. The Morgan fingerprint density at radius 2 is 2.00 bits per heavy atom. The van der Waals surface area contributed by atoms with Gasteiger partial charge in [-0.05, 0) is 17.7 Å². The molecule has 0 amide bonds. The smallest absolute Gasteiger partial charge is 0.269 e. The van der Waals surface area contributed by atoms with Gasteiger partial charge in [0.2, 0.25) is 0 Å². The van der Waals surface area contributed by atoms with E-state index in [0.29, 0.717) is 13.0 Å². The number of non-ortho nitro benzene ring substituents is 1. The number of nitro benzene ring substituents is 1. The van der Waals surface area contributed by atoms with Crippen LogP contribution >= 0.6 is 0 Å². The van der Waals surface area contributed by atoms with Gasteiger partial charge in [-0.1, -0.05) is 30.3 Å². The summed E-state index contributed by atoms with van der Waals surface area (Å²) in [5.41, 5.74) is 8.52. The van der Waals surface area contributed by atoms with E-state index in [0.717, 1.165) is 17.0 Å². The number of nitrogens with two attached hydrogens (primary N) is 1. The molecule has 1 heterocycles. The molecular weight excluding hydrogens is 280 g/mol. The minimum absolute atomic E-state index is 0.0687. The van der Waals surface area contributed by atoms with Crippen LogP contribution in [0.3, 0.4) is 0 Å². The average Bonchev–Trinajstić information content (AvgIpc) is 3.00. The lowest BCUT2D eigenvalue weighted by atomic mass is 10.0. The first-order valence-electron chi connectivity index (χ1n) is 7.04. The van der Waals surface area contributed by atoms with Crippen molar-refractivity contribution in [3.8, 4) is 0 Å². The number of nitro groups is 1. The van der Waals surface area contributed by atoms with Crippen molar-refractivity contribution in [2.75, 3.05) is 11.6 Å². The van der Waals surface area contributed by atoms with Gasteiger partial charge in [-0.2, -0.15) is 5.10 Å². The highest BCUT2D eigenvalue weighted by Gasteiger charge is 2.29. The number of hydrazone groups is 1. The fourth-order valence-electron chi connectivity index (χ4n) is 2.62. The molecule has 0 fully saturated rings. The molecule has 22 heavy (non-hydrogen) atoms. The van der Waals surface area contributed by atoms with Crippen molar-refractivity contribution < 1.29 is 4.92 Å². The van der Waals surface area contributed by atoms with Crippen LogP contribution in [-0.2, 0) is 0 Å². The molecular formula is C16H16N4O2. The molecule has 1 aliphatic heterocycles. The Morgan fingerprint density at radius 3 is 2.68 bits per heavy atom. The fourth-order valence-corrected chi connectivity index (χ4v) is 2.62. The van der Waals surface area contributed by atoms with Crippen molar-refractivity contribution in [1.82, 2.24) is 0 Å². The highest BCUT2D eigenvalue weighted by atomic mass is 16.6. The Bertz CT molecular complexity index is 715. The Morgan fingerprint density at radius 1 is 1.23 bits per heavy atom. The predicted molar refractivity (Wildman–Crippen MR) is 85.9 cm³/mol. The summed E-state index contributed by atoms with van der Waals surface area (Å²) >= 11 is 0. The first-order chi connectivity index (χ1) is 10.7. The van der Waals surface area contributed by atoms with Crippen LogP contribution in [0.25, 0.3) is 0 Å².